The first-order chi connectivity index (χ1) is 22.0. The Morgan fingerprint density at radius 1 is 0.848 bits per heavy atom. The van der Waals surface area contributed by atoms with Gasteiger partial charge in [0.2, 0.25) is 0 Å². The maximum atomic E-state index is 12.4. The van der Waals surface area contributed by atoms with Crippen molar-refractivity contribution in [3.05, 3.63) is 40.4 Å². The second-order valence-electron chi connectivity index (χ2n) is 12.1. The highest BCUT2D eigenvalue weighted by molar-refractivity contribution is 5.73. The first-order valence-corrected chi connectivity index (χ1v) is 16.1. The molecule has 2 aliphatic rings. The number of hydrogen-bond donors (Lipinski definition) is 2. The predicted molar refractivity (Wildman–Crippen MR) is 180 cm³/mol. The van der Waals surface area contributed by atoms with Crippen molar-refractivity contribution in [1.82, 2.24) is 29.3 Å². The molecule has 252 valence electrons. The number of ether oxygens (including phenoxy) is 2. The fraction of sp³-hybridized carbons (Fsp3) is 0.594. The maximum absolute atomic E-state index is 12.4. The molecule has 2 saturated heterocycles. The van der Waals surface area contributed by atoms with Crippen LogP contribution in [0.1, 0.15) is 51.3 Å². The molecule has 0 aromatic carbocycles. The van der Waals surface area contributed by atoms with Gasteiger partial charge in [-0.1, -0.05) is 0 Å². The molecule has 14 heteroatoms. The number of likely N-dealkylation sites (tertiary alicyclic amines) is 2. The van der Waals surface area contributed by atoms with Crippen LogP contribution in [0.4, 0.5) is 26.9 Å². The molecule has 3 N–H and O–H groups in total. The Hall–Kier alpha value is -4.49. The molecule has 2 amide bonds. The molecule has 5 rings (SSSR count). The third kappa shape index (κ3) is 8.40. The number of aromatic amines is 1. The summed E-state index contributed by atoms with van der Waals surface area (Å²) in [7, 11) is 7.78. The number of aromatic nitrogens is 4. The molecular formula is C32H49N9O5. The number of fused-ring (bicyclic) bond motifs is 1. The number of pyridine rings is 2. The third-order valence-electron chi connectivity index (χ3n) is 8.44. The predicted octanol–water partition coefficient (Wildman–Crippen LogP) is 3.72. The van der Waals surface area contributed by atoms with Gasteiger partial charge in [-0.25, -0.2) is 24.4 Å². The number of nitrogen functional groups attached to an aromatic ring is 1. The van der Waals surface area contributed by atoms with E-state index in [1.54, 1.807) is 21.3 Å². The normalized spacial score (nSPS) is 15.7. The van der Waals surface area contributed by atoms with Crippen molar-refractivity contribution in [3.63, 3.8) is 0 Å². The Labute approximate surface area is 270 Å². The van der Waals surface area contributed by atoms with Crippen LogP contribution in [0.15, 0.2) is 29.1 Å². The zero-order valence-corrected chi connectivity index (χ0v) is 28.0. The Kier molecular flexibility index (Phi) is 11.7. The minimum absolute atomic E-state index is 0.0295. The molecule has 0 radical (unpaired) electrons. The van der Waals surface area contributed by atoms with Crippen molar-refractivity contribution >= 4 is 40.7 Å². The van der Waals surface area contributed by atoms with Crippen LogP contribution in [0.5, 0.6) is 0 Å². The summed E-state index contributed by atoms with van der Waals surface area (Å²) in [5, 5.41) is 0. The van der Waals surface area contributed by atoms with Gasteiger partial charge in [0.15, 0.2) is 5.65 Å². The highest BCUT2D eigenvalue weighted by Gasteiger charge is 2.28. The summed E-state index contributed by atoms with van der Waals surface area (Å²) >= 11 is 0. The van der Waals surface area contributed by atoms with Crippen LogP contribution in [0.3, 0.4) is 0 Å². The molecule has 3 aromatic heterocycles. The van der Waals surface area contributed by atoms with E-state index in [1.807, 2.05) is 69.2 Å². The number of nitrogens with two attached hydrogens (primary N) is 1. The number of imidazole rings is 1. The van der Waals surface area contributed by atoms with Crippen LogP contribution in [-0.4, -0.2) is 109 Å². The SMILES string of the molecule is CCOC(=O)N1CCC(Cc2nc(N(C)C)ccc2N)CC1.CCOC(=O)N1CCC(n2c(=O)[nH]c3ccc(N(C)C)nc32)CC1. The van der Waals surface area contributed by atoms with Gasteiger partial charge < -0.3 is 39.8 Å². The van der Waals surface area contributed by atoms with Crippen molar-refractivity contribution in [3.8, 4) is 0 Å². The van der Waals surface area contributed by atoms with E-state index in [2.05, 4.69) is 15.0 Å². The van der Waals surface area contributed by atoms with Crippen LogP contribution < -0.4 is 21.2 Å². The first-order valence-electron chi connectivity index (χ1n) is 16.1. The van der Waals surface area contributed by atoms with Gasteiger partial charge in [-0.2, -0.15) is 0 Å². The third-order valence-corrected chi connectivity index (χ3v) is 8.44. The van der Waals surface area contributed by atoms with Crippen molar-refractivity contribution in [1.29, 1.82) is 0 Å². The largest absolute Gasteiger partial charge is 0.450 e. The first kappa shape index (κ1) is 34.4. The van der Waals surface area contributed by atoms with Crippen LogP contribution in [0.2, 0.25) is 0 Å². The number of piperidine rings is 2. The molecule has 0 aliphatic carbocycles. The van der Waals surface area contributed by atoms with Gasteiger partial charge in [0.05, 0.1) is 30.1 Å². The average Bonchev–Trinajstić information content (AvgIpc) is 3.37. The second-order valence-corrected chi connectivity index (χ2v) is 12.1. The van der Waals surface area contributed by atoms with Crippen LogP contribution >= 0.6 is 0 Å². The average molecular weight is 640 g/mol. The van der Waals surface area contributed by atoms with Crippen molar-refractivity contribution < 1.29 is 19.1 Å². The minimum Gasteiger partial charge on any atom is -0.450 e. The summed E-state index contributed by atoms with van der Waals surface area (Å²) in [5.41, 5.74) is 9.02. The van der Waals surface area contributed by atoms with E-state index in [0.29, 0.717) is 50.7 Å². The molecule has 0 unspecified atom stereocenters. The maximum Gasteiger partial charge on any atom is 0.409 e. The van der Waals surface area contributed by atoms with E-state index in [0.717, 1.165) is 60.9 Å². The molecule has 14 nitrogen and oxygen atoms in total. The lowest BCUT2D eigenvalue weighted by Gasteiger charge is -2.31. The minimum atomic E-state index is -0.282. The Bertz CT molecular complexity index is 1520. The lowest BCUT2D eigenvalue weighted by atomic mass is 9.91. The number of carbonyl (C=O) groups excluding carboxylic acids is 2. The molecule has 2 aliphatic heterocycles. The van der Waals surface area contributed by atoms with Crippen molar-refractivity contribution in [2.24, 2.45) is 5.92 Å². The summed E-state index contributed by atoms with van der Waals surface area (Å²) < 4.78 is 11.8. The molecule has 2 fully saturated rings. The van der Waals surface area contributed by atoms with E-state index in [4.69, 9.17) is 15.2 Å². The van der Waals surface area contributed by atoms with E-state index >= 15 is 0 Å². The summed E-state index contributed by atoms with van der Waals surface area (Å²) in [6.45, 7) is 7.08. The fourth-order valence-electron chi connectivity index (χ4n) is 5.82. The topological polar surface area (TPSA) is 155 Å². The number of anilines is 3. The summed E-state index contributed by atoms with van der Waals surface area (Å²) in [6, 6.07) is 7.64. The highest BCUT2D eigenvalue weighted by Crippen LogP contribution is 2.27. The molecule has 0 spiro atoms. The summed E-state index contributed by atoms with van der Waals surface area (Å²) in [6.07, 6.45) is 3.73. The molecule has 46 heavy (non-hydrogen) atoms. The fourth-order valence-corrected chi connectivity index (χ4v) is 5.82. The van der Waals surface area contributed by atoms with Gasteiger partial charge in [0.25, 0.3) is 0 Å². The van der Waals surface area contributed by atoms with E-state index in [-0.39, 0.29) is 23.9 Å². The van der Waals surface area contributed by atoms with E-state index < -0.39 is 0 Å². The van der Waals surface area contributed by atoms with Gasteiger partial charge in [0.1, 0.15) is 11.6 Å². The number of nitrogens with zero attached hydrogens (tertiary/aromatic N) is 7. The van der Waals surface area contributed by atoms with Crippen molar-refractivity contribution in [2.45, 2.75) is 52.0 Å². The monoisotopic (exact) mass is 639 g/mol. The van der Waals surface area contributed by atoms with Gasteiger partial charge >= 0.3 is 17.9 Å². The number of carbonyl (C=O) groups is 2. The molecule has 5 heterocycles. The van der Waals surface area contributed by atoms with Gasteiger partial charge in [-0.3, -0.25) is 4.57 Å². The molecule has 3 aromatic rings. The number of amides is 2. The second kappa shape index (κ2) is 15.7. The highest BCUT2D eigenvalue weighted by atomic mass is 16.6. The number of rotatable bonds is 7. The Morgan fingerprint density at radius 3 is 1.91 bits per heavy atom. The smallest absolute Gasteiger partial charge is 0.409 e. The molecule has 0 saturated carbocycles. The van der Waals surface area contributed by atoms with Crippen LogP contribution in [0, 0.1) is 5.92 Å². The summed E-state index contributed by atoms with van der Waals surface area (Å²) in [5.74, 6) is 2.24. The standard InChI is InChI=1S/C16H23N5O3.C16H26N4O2/c1-4-24-16(23)20-9-7-11(8-10-20)21-14-12(17-15(21)22)5-6-13(18-14)19(2)3;1-4-22-16(21)20-9-7-12(8-10-20)11-14-13(17)5-6-15(18-14)19(2)3/h5-6,11H,4,7-10H2,1-3H3,(H,17,22);5-6,12H,4,7-11,17H2,1-3H3. The molecular weight excluding hydrogens is 590 g/mol. The van der Waals surface area contributed by atoms with E-state index in [9.17, 15) is 14.4 Å². The summed E-state index contributed by atoms with van der Waals surface area (Å²) in [4.78, 5) is 55.4. The van der Waals surface area contributed by atoms with Gasteiger partial charge in [-0.05, 0) is 76.1 Å². The van der Waals surface area contributed by atoms with E-state index in [1.165, 1.54) is 0 Å². The van der Waals surface area contributed by atoms with Crippen LogP contribution in [0.25, 0.3) is 11.2 Å². The number of H-pyrrole nitrogens is 1. The lowest BCUT2D eigenvalue weighted by Crippen LogP contribution is -2.40. The quantitative estimate of drug-likeness (QED) is 0.391. The molecule has 0 atom stereocenters. The lowest BCUT2D eigenvalue weighted by molar-refractivity contribution is 0.0913. The zero-order chi connectivity index (χ0) is 33.4. The van der Waals surface area contributed by atoms with Gasteiger partial charge in [-0.15, -0.1) is 0 Å². The van der Waals surface area contributed by atoms with Crippen LogP contribution in [-0.2, 0) is 15.9 Å². The Balaban J connectivity index is 0.000000210. The van der Waals surface area contributed by atoms with Gasteiger partial charge in [0, 0.05) is 60.4 Å². The number of nitrogens with one attached hydrogen (secondary N) is 1. The Morgan fingerprint density at radius 2 is 1.37 bits per heavy atom. The zero-order valence-electron chi connectivity index (χ0n) is 28.0. The molecule has 0 bridgehead atoms. The number of hydrogen-bond acceptors (Lipinski definition) is 10. The van der Waals surface area contributed by atoms with Crippen molar-refractivity contribution in [2.75, 3.05) is 83.1 Å².